The van der Waals surface area contributed by atoms with Gasteiger partial charge in [-0.25, -0.2) is 5.43 Å². The van der Waals surface area contributed by atoms with E-state index < -0.39 is 11.8 Å². The molecule has 9 heteroatoms. The number of hydrazone groups is 1. The Morgan fingerprint density at radius 2 is 1.60 bits per heavy atom. The molecule has 0 aliphatic rings. The van der Waals surface area contributed by atoms with Crippen molar-refractivity contribution in [2.45, 2.75) is 13.8 Å². The number of carbonyl (C=O) groups is 2. The molecule has 0 atom stereocenters. The highest BCUT2D eigenvalue weighted by molar-refractivity contribution is 6.39. The minimum absolute atomic E-state index is 0.451. The van der Waals surface area contributed by atoms with E-state index in [2.05, 4.69) is 15.8 Å². The molecule has 3 rings (SSSR count). The summed E-state index contributed by atoms with van der Waals surface area (Å²) in [4.78, 5) is 23.9. The molecule has 0 spiro atoms. The van der Waals surface area contributed by atoms with Crippen LogP contribution in [0.2, 0.25) is 15.1 Å². The third-order valence-corrected chi connectivity index (χ3v) is 5.09. The summed E-state index contributed by atoms with van der Waals surface area (Å²) >= 11 is 18.1. The molecule has 0 unspecified atom stereocenters. The number of nitrogens with zero attached hydrogens (tertiary/aromatic N) is 2. The van der Waals surface area contributed by atoms with Crippen LogP contribution in [-0.4, -0.2) is 22.6 Å². The zero-order chi connectivity index (χ0) is 21.8. The lowest BCUT2D eigenvalue weighted by Gasteiger charge is -2.11. The zero-order valence-electron chi connectivity index (χ0n) is 16.0. The fourth-order valence-corrected chi connectivity index (χ4v) is 3.50. The lowest BCUT2D eigenvalue weighted by molar-refractivity contribution is -0.136. The first-order chi connectivity index (χ1) is 14.3. The monoisotopic (exact) mass is 462 g/mol. The van der Waals surface area contributed by atoms with Gasteiger partial charge in [0.1, 0.15) is 0 Å². The van der Waals surface area contributed by atoms with E-state index in [0.29, 0.717) is 20.8 Å². The highest BCUT2D eigenvalue weighted by Crippen LogP contribution is 2.28. The number of aryl methyl sites for hydroxylation is 1. The summed E-state index contributed by atoms with van der Waals surface area (Å²) in [5, 5.41) is 7.94. The lowest BCUT2D eigenvalue weighted by Crippen LogP contribution is -2.32. The third-order valence-electron chi connectivity index (χ3n) is 4.30. The number of anilines is 1. The van der Waals surface area contributed by atoms with E-state index >= 15 is 0 Å². The number of aromatic nitrogens is 1. The summed E-state index contributed by atoms with van der Waals surface area (Å²) in [6.45, 7) is 3.82. The Morgan fingerprint density at radius 3 is 2.27 bits per heavy atom. The van der Waals surface area contributed by atoms with Gasteiger partial charge < -0.3 is 9.88 Å². The Bertz CT molecular complexity index is 1140. The lowest BCUT2D eigenvalue weighted by atomic mass is 10.2. The number of halogens is 3. The first-order valence-corrected chi connectivity index (χ1v) is 9.94. The number of nitrogens with one attached hydrogen (secondary N) is 2. The van der Waals surface area contributed by atoms with Gasteiger partial charge in [0, 0.05) is 32.7 Å². The number of hydrogen-bond donors (Lipinski definition) is 2. The fraction of sp³-hybridized carbons (Fsp3) is 0.0952. The Hall–Kier alpha value is -2.80. The maximum Gasteiger partial charge on any atom is 0.329 e. The van der Waals surface area contributed by atoms with E-state index in [1.165, 1.54) is 6.21 Å². The first-order valence-electron chi connectivity index (χ1n) is 8.80. The van der Waals surface area contributed by atoms with E-state index in [1.807, 2.05) is 30.5 Å². The van der Waals surface area contributed by atoms with Gasteiger partial charge in [0.2, 0.25) is 0 Å². The maximum absolute atomic E-state index is 12.0. The quantitative estimate of drug-likeness (QED) is 0.319. The third kappa shape index (κ3) is 5.02. The van der Waals surface area contributed by atoms with E-state index in [4.69, 9.17) is 34.8 Å². The number of hydrogen-bond acceptors (Lipinski definition) is 3. The Labute approximate surface area is 188 Å². The van der Waals surface area contributed by atoms with Crippen molar-refractivity contribution in [3.63, 3.8) is 0 Å². The molecule has 6 nitrogen and oxygen atoms in total. The minimum Gasteiger partial charge on any atom is -0.318 e. The van der Waals surface area contributed by atoms with Gasteiger partial charge in [-0.2, -0.15) is 5.10 Å². The van der Waals surface area contributed by atoms with E-state index in [-0.39, 0.29) is 0 Å². The summed E-state index contributed by atoms with van der Waals surface area (Å²) in [5.41, 5.74) is 5.99. The molecule has 154 valence electrons. The van der Waals surface area contributed by atoms with Crippen LogP contribution in [0.3, 0.4) is 0 Å². The Kier molecular flexibility index (Phi) is 6.82. The average molecular weight is 464 g/mol. The fourth-order valence-electron chi connectivity index (χ4n) is 2.88. The highest BCUT2D eigenvalue weighted by Gasteiger charge is 2.14. The molecule has 30 heavy (non-hydrogen) atoms. The van der Waals surface area contributed by atoms with Crippen LogP contribution in [0.1, 0.15) is 17.0 Å². The van der Waals surface area contributed by atoms with Crippen LogP contribution >= 0.6 is 34.8 Å². The van der Waals surface area contributed by atoms with E-state index in [1.54, 1.807) is 36.4 Å². The average Bonchev–Trinajstić information content (AvgIpc) is 2.97. The molecular weight excluding hydrogens is 447 g/mol. The van der Waals surface area contributed by atoms with Crippen molar-refractivity contribution in [1.29, 1.82) is 0 Å². The molecule has 1 heterocycles. The summed E-state index contributed by atoms with van der Waals surface area (Å²) in [6.07, 6.45) is 1.47. The number of rotatable bonds is 4. The van der Waals surface area contributed by atoms with Gasteiger partial charge in [-0.15, -0.1) is 0 Å². The standard InChI is InChI=1S/C21H17Cl3N4O2/c1-12-9-14(13(2)28(12)19-8-5-16(23)10-18(19)24)11-25-27-21(30)20(29)26-17-6-3-15(22)4-7-17/h3-11H,1-2H3,(H,26,29)(H,27,30)/b25-11-. The topological polar surface area (TPSA) is 75.5 Å². The second kappa shape index (κ2) is 9.34. The van der Waals surface area contributed by atoms with E-state index in [0.717, 1.165) is 22.6 Å². The van der Waals surface area contributed by atoms with Crippen LogP contribution in [-0.2, 0) is 9.59 Å². The predicted octanol–water partition coefficient (Wildman–Crippen LogP) is 5.14. The minimum atomic E-state index is -0.893. The van der Waals surface area contributed by atoms with Crippen molar-refractivity contribution < 1.29 is 9.59 Å². The van der Waals surface area contributed by atoms with Crippen molar-refractivity contribution in [2.75, 3.05) is 5.32 Å². The maximum atomic E-state index is 12.0. The largest absolute Gasteiger partial charge is 0.329 e. The van der Waals surface area contributed by atoms with Crippen LogP contribution in [0.25, 0.3) is 5.69 Å². The predicted molar refractivity (Wildman–Crippen MR) is 121 cm³/mol. The second-order valence-electron chi connectivity index (χ2n) is 6.42. The molecule has 0 saturated carbocycles. The number of amides is 2. The second-order valence-corrected chi connectivity index (χ2v) is 7.70. The molecule has 0 radical (unpaired) electrons. The van der Waals surface area contributed by atoms with Gasteiger partial charge in [-0.3, -0.25) is 9.59 Å². The van der Waals surface area contributed by atoms with Crippen LogP contribution in [0.15, 0.2) is 53.6 Å². The molecule has 0 saturated heterocycles. The SMILES string of the molecule is Cc1cc(/C=N\NC(=O)C(=O)Nc2ccc(Cl)cc2)c(C)n1-c1ccc(Cl)cc1Cl. The van der Waals surface area contributed by atoms with Gasteiger partial charge in [0.25, 0.3) is 0 Å². The first kappa shape index (κ1) is 21.9. The molecule has 3 aromatic rings. The Morgan fingerprint density at radius 1 is 0.933 bits per heavy atom. The molecule has 0 bridgehead atoms. The molecule has 0 aliphatic carbocycles. The molecule has 0 fully saturated rings. The molecular formula is C21H17Cl3N4O2. The molecule has 1 aromatic heterocycles. The molecule has 2 amide bonds. The number of carbonyl (C=O) groups excluding carboxylic acids is 2. The summed E-state index contributed by atoms with van der Waals surface area (Å²) in [7, 11) is 0. The molecule has 2 aromatic carbocycles. The van der Waals surface area contributed by atoms with Gasteiger partial charge >= 0.3 is 11.8 Å². The van der Waals surface area contributed by atoms with Crippen molar-refractivity contribution in [2.24, 2.45) is 5.10 Å². The van der Waals surface area contributed by atoms with Crippen molar-refractivity contribution in [1.82, 2.24) is 9.99 Å². The van der Waals surface area contributed by atoms with Gasteiger partial charge in [-0.1, -0.05) is 34.8 Å². The van der Waals surface area contributed by atoms with Gasteiger partial charge in [0.05, 0.1) is 16.9 Å². The van der Waals surface area contributed by atoms with Crippen LogP contribution in [0.4, 0.5) is 5.69 Å². The molecule has 0 aliphatic heterocycles. The Balaban J connectivity index is 1.70. The van der Waals surface area contributed by atoms with Gasteiger partial charge in [-0.05, 0) is 62.4 Å². The normalized spacial score (nSPS) is 11.0. The number of benzene rings is 2. The zero-order valence-corrected chi connectivity index (χ0v) is 18.3. The van der Waals surface area contributed by atoms with Gasteiger partial charge in [0.15, 0.2) is 0 Å². The smallest absolute Gasteiger partial charge is 0.318 e. The van der Waals surface area contributed by atoms with Crippen LogP contribution in [0, 0.1) is 13.8 Å². The molecule has 2 N–H and O–H groups in total. The summed E-state index contributed by atoms with van der Waals surface area (Å²) in [5.74, 6) is -1.73. The van der Waals surface area contributed by atoms with Crippen molar-refractivity contribution >= 4 is 58.5 Å². The highest BCUT2D eigenvalue weighted by atomic mass is 35.5. The van der Waals surface area contributed by atoms with E-state index in [9.17, 15) is 9.59 Å². The summed E-state index contributed by atoms with van der Waals surface area (Å²) < 4.78 is 1.95. The van der Waals surface area contributed by atoms with Crippen molar-refractivity contribution in [3.8, 4) is 5.69 Å². The summed E-state index contributed by atoms with van der Waals surface area (Å²) in [6, 6.07) is 13.5. The van der Waals surface area contributed by atoms with Crippen LogP contribution < -0.4 is 10.7 Å². The van der Waals surface area contributed by atoms with Crippen molar-refractivity contribution in [3.05, 3.63) is 80.6 Å². The van der Waals surface area contributed by atoms with Crippen LogP contribution in [0.5, 0.6) is 0 Å².